The van der Waals surface area contributed by atoms with Gasteiger partial charge in [-0.05, 0) is 24.3 Å². The Bertz CT molecular complexity index is 895. The quantitative estimate of drug-likeness (QED) is 0.780. The van der Waals surface area contributed by atoms with Crippen molar-refractivity contribution in [3.05, 3.63) is 59.9 Å². The summed E-state index contributed by atoms with van der Waals surface area (Å²) in [6.07, 6.45) is 5.15. The number of pyridine rings is 1. The normalized spacial score (nSPS) is 14.5. The molecular formula is C17H11N3O2. The third-order valence-corrected chi connectivity index (χ3v) is 3.37. The molecule has 1 aromatic carbocycles. The molecule has 5 nitrogen and oxygen atoms in total. The van der Waals surface area contributed by atoms with Gasteiger partial charge < -0.3 is 9.52 Å². The van der Waals surface area contributed by atoms with Gasteiger partial charge in [0, 0.05) is 23.5 Å². The van der Waals surface area contributed by atoms with Crippen LogP contribution in [0.1, 0.15) is 11.3 Å². The van der Waals surface area contributed by atoms with Gasteiger partial charge in [-0.15, -0.1) is 0 Å². The van der Waals surface area contributed by atoms with E-state index in [-0.39, 0.29) is 11.8 Å². The topological polar surface area (TPSA) is 71.5 Å². The fourth-order valence-corrected chi connectivity index (χ4v) is 2.32. The van der Waals surface area contributed by atoms with E-state index in [1.165, 1.54) is 0 Å². The number of aliphatic imine (C=N–C) groups is 1. The Labute approximate surface area is 126 Å². The van der Waals surface area contributed by atoms with E-state index >= 15 is 0 Å². The second-order valence-electron chi connectivity index (χ2n) is 4.80. The second kappa shape index (κ2) is 4.96. The maximum atomic E-state index is 9.95. The lowest BCUT2D eigenvalue weighted by atomic mass is 10.1. The van der Waals surface area contributed by atoms with Gasteiger partial charge in [-0.2, -0.15) is 0 Å². The van der Waals surface area contributed by atoms with E-state index in [0.29, 0.717) is 11.4 Å². The molecule has 3 aromatic rings. The highest BCUT2D eigenvalue weighted by atomic mass is 16.5. The van der Waals surface area contributed by atoms with Crippen LogP contribution in [0.3, 0.4) is 0 Å². The van der Waals surface area contributed by atoms with Gasteiger partial charge in [-0.25, -0.2) is 4.98 Å². The standard InChI is InChI=1S/C17H11N3O2/c21-17-15(20-16(22-17)14-7-3-4-8-18-14)9-11-10-19-13-6-2-1-5-12(11)13/h1-10,21H/b11-9+. The number of para-hydroxylation sites is 1. The summed E-state index contributed by atoms with van der Waals surface area (Å²) in [6, 6.07) is 13.2. The number of hydrogen-bond acceptors (Lipinski definition) is 5. The summed E-state index contributed by atoms with van der Waals surface area (Å²) in [5.74, 6) is 0.0547. The molecule has 0 spiro atoms. The van der Waals surface area contributed by atoms with Crippen molar-refractivity contribution in [2.24, 2.45) is 4.99 Å². The number of nitrogens with zero attached hydrogens (tertiary/aromatic N) is 3. The molecule has 0 saturated carbocycles. The minimum atomic E-state index is -0.231. The summed E-state index contributed by atoms with van der Waals surface area (Å²) in [4.78, 5) is 12.8. The van der Waals surface area contributed by atoms with E-state index in [0.717, 1.165) is 16.8 Å². The molecule has 0 saturated heterocycles. The second-order valence-corrected chi connectivity index (χ2v) is 4.80. The van der Waals surface area contributed by atoms with Crippen LogP contribution < -0.4 is 0 Å². The highest BCUT2D eigenvalue weighted by Crippen LogP contribution is 2.34. The summed E-state index contributed by atoms with van der Waals surface area (Å²) < 4.78 is 5.29. The van der Waals surface area contributed by atoms with E-state index < -0.39 is 0 Å². The first-order valence-electron chi connectivity index (χ1n) is 6.77. The molecule has 0 amide bonds. The Hall–Kier alpha value is -3.21. The van der Waals surface area contributed by atoms with Gasteiger partial charge in [0.05, 0.1) is 5.69 Å². The number of hydrogen-bond donors (Lipinski definition) is 1. The first-order chi connectivity index (χ1) is 10.8. The van der Waals surface area contributed by atoms with Crippen LogP contribution in [0.2, 0.25) is 0 Å². The smallest absolute Gasteiger partial charge is 0.310 e. The summed E-state index contributed by atoms with van der Waals surface area (Å²) >= 11 is 0. The molecule has 0 atom stereocenters. The van der Waals surface area contributed by atoms with Crippen molar-refractivity contribution in [2.75, 3.05) is 0 Å². The van der Waals surface area contributed by atoms with Gasteiger partial charge in [0.2, 0.25) is 5.89 Å². The van der Waals surface area contributed by atoms with Crippen LogP contribution in [0, 0.1) is 0 Å². The summed E-state index contributed by atoms with van der Waals surface area (Å²) in [6.45, 7) is 0. The molecule has 5 heteroatoms. The third kappa shape index (κ3) is 2.09. The Morgan fingerprint density at radius 1 is 1.05 bits per heavy atom. The minimum Gasteiger partial charge on any atom is -0.479 e. The fraction of sp³-hybridized carbons (Fsp3) is 0. The predicted octanol–water partition coefficient (Wildman–Crippen LogP) is 3.70. The lowest BCUT2D eigenvalue weighted by Crippen LogP contribution is -1.83. The molecule has 2 aromatic heterocycles. The first-order valence-corrected chi connectivity index (χ1v) is 6.77. The maximum Gasteiger partial charge on any atom is 0.310 e. The van der Waals surface area contributed by atoms with Gasteiger partial charge in [-0.3, -0.25) is 9.98 Å². The van der Waals surface area contributed by atoms with Crippen molar-refractivity contribution < 1.29 is 9.52 Å². The van der Waals surface area contributed by atoms with E-state index in [9.17, 15) is 5.11 Å². The summed E-state index contributed by atoms with van der Waals surface area (Å²) in [7, 11) is 0. The number of allylic oxidation sites excluding steroid dienone is 1. The molecule has 4 rings (SSSR count). The van der Waals surface area contributed by atoms with Crippen molar-refractivity contribution in [1.82, 2.24) is 9.97 Å². The number of rotatable bonds is 2. The van der Waals surface area contributed by atoms with Gasteiger partial charge in [0.15, 0.2) is 0 Å². The Morgan fingerprint density at radius 3 is 2.77 bits per heavy atom. The zero-order valence-electron chi connectivity index (χ0n) is 11.5. The van der Waals surface area contributed by atoms with E-state index in [2.05, 4.69) is 15.0 Å². The van der Waals surface area contributed by atoms with Crippen LogP contribution in [0.15, 0.2) is 58.1 Å². The SMILES string of the molecule is Oc1oc(-c2ccccn2)nc1/C=C1\C=Nc2ccccc21. The lowest BCUT2D eigenvalue weighted by molar-refractivity contribution is 0.336. The number of aromatic nitrogens is 2. The largest absolute Gasteiger partial charge is 0.479 e. The number of oxazole rings is 1. The Kier molecular flexibility index (Phi) is 2.83. The van der Waals surface area contributed by atoms with E-state index in [1.54, 1.807) is 30.6 Å². The zero-order chi connectivity index (χ0) is 14.9. The lowest BCUT2D eigenvalue weighted by Gasteiger charge is -1.97. The van der Waals surface area contributed by atoms with Gasteiger partial charge in [0.25, 0.3) is 0 Å². The molecule has 106 valence electrons. The van der Waals surface area contributed by atoms with Crippen molar-refractivity contribution in [3.63, 3.8) is 0 Å². The van der Waals surface area contributed by atoms with Crippen molar-refractivity contribution in [3.8, 4) is 17.5 Å². The molecule has 1 aliphatic rings. The van der Waals surface area contributed by atoms with Crippen molar-refractivity contribution in [2.45, 2.75) is 0 Å². The zero-order valence-corrected chi connectivity index (χ0v) is 11.5. The molecule has 0 radical (unpaired) electrons. The van der Waals surface area contributed by atoms with E-state index in [1.807, 2.05) is 30.3 Å². The monoisotopic (exact) mass is 289 g/mol. The molecule has 1 N–H and O–H groups in total. The summed E-state index contributed by atoms with van der Waals surface area (Å²) in [5, 5.41) is 9.95. The van der Waals surface area contributed by atoms with Crippen molar-refractivity contribution in [1.29, 1.82) is 0 Å². The number of aromatic hydroxyl groups is 1. The number of fused-ring (bicyclic) bond motifs is 1. The van der Waals surface area contributed by atoms with Gasteiger partial charge >= 0.3 is 5.95 Å². The molecular weight excluding hydrogens is 278 g/mol. The fourth-order valence-electron chi connectivity index (χ4n) is 2.32. The molecule has 0 aliphatic carbocycles. The molecule has 0 fully saturated rings. The highest BCUT2D eigenvalue weighted by Gasteiger charge is 2.16. The maximum absolute atomic E-state index is 9.95. The molecule has 3 heterocycles. The van der Waals surface area contributed by atoms with Gasteiger partial charge in [0.1, 0.15) is 11.4 Å². The van der Waals surface area contributed by atoms with Crippen LogP contribution in [-0.4, -0.2) is 21.3 Å². The van der Waals surface area contributed by atoms with E-state index in [4.69, 9.17) is 4.42 Å². The summed E-state index contributed by atoms with van der Waals surface area (Å²) in [5.41, 5.74) is 3.72. The Morgan fingerprint density at radius 2 is 1.91 bits per heavy atom. The molecule has 0 bridgehead atoms. The van der Waals surface area contributed by atoms with Crippen LogP contribution in [0.25, 0.3) is 23.2 Å². The number of benzene rings is 1. The molecule has 1 aliphatic heterocycles. The Balaban J connectivity index is 1.75. The molecule has 22 heavy (non-hydrogen) atoms. The third-order valence-electron chi connectivity index (χ3n) is 3.37. The van der Waals surface area contributed by atoms with Crippen LogP contribution in [0.4, 0.5) is 5.69 Å². The van der Waals surface area contributed by atoms with Gasteiger partial charge in [-0.1, -0.05) is 24.3 Å². The van der Waals surface area contributed by atoms with Crippen LogP contribution in [0.5, 0.6) is 5.95 Å². The molecule has 0 unspecified atom stereocenters. The average Bonchev–Trinajstić information content (AvgIpc) is 3.13. The average molecular weight is 289 g/mol. The first kappa shape index (κ1) is 12.5. The predicted molar refractivity (Wildman–Crippen MR) is 83.9 cm³/mol. The highest BCUT2D eigenvalue weighted by molar-refractivity contribution is 6.21. The van der Waals surface area contributed by atoms with Crippen LogP contribution >= 0.6 is 0 Å². The minimum absolute atomic E-state index is 0.231. The van der Waals surface area contributed by atoms with Crippen LogP contribution in [-0.2, 0) is 0 Å². The van der Waals surface area contributed by atoms with Crippen molar-refractivity contribution >= 4 is 23.6 Å².